The highest BCUT2D eigenvalue weighted by atomic mass is 16.5. The van der Waals surface area contributed by atoms with Crippen molar-refractivity contribution in [1.29, 1.82) is 0 Å². The lowest BCUT2D eigenvalue weighted by Crippen LogP contribution is -2.35. The van der Waals surface area contributed by atoms with Gasteiger partial charge in [-0.1, -0.05) is 12.1 Å². The van der Waals surface area contributed by atoms with Crippen LogP contribution in [0.5, 0.6) is 0 Å². The van der Waals surface area contributed by atoms with Gasteiger partial charge in [-0.25, -0.2) is 0 Å². The first kappa shape index (κ1) is 19.0. The Morgan fingerprint density at radius 3 is 2.21 bits per heavy atom. The van der Waals surface area contributed by atoms with Crippen LogP contribution in [0, 0.1) is 0 Å². The molecule has 0 aromatic heterocycles. The predicted molar refractivity (Wildman–Crippen MR) is 113 cm³/mol. The first-order valence-electron chi connectivity index (χ1n) is 10.3. The Kier molecular flexibility index (Phi) is 6.24. The average molecular weight is 380 g/mol. The number of anilines is 2. The molecular formula is C23H29N3O2. The number of nitrogens with one attached hydrogen (secondary N) is 1. The lowest BCUT2D eigenvalue weighted by molar-refractivity contribution is 0.0342. The number of ether oxygens (including phenoxy) is 1. The van der Waals surface area contributed by atoms with Crippen molar-refractivity contribution >= 4 is 17.3 Å². The van der Waals surface area contributed by atoms with E-state index in [1.165, 1.54) is 30.5 Å². The summed E-state index contributed by atoms with van der Waals surface area (Å²) in [4.78, 5) is 17.3. The molecule has 2 aromatic carbocycles. The van der Waals surface area contributed by atoms with Crippen molar-refractivity contribution in [3.05, 3.63) is 59.7 Å². The van der Waals surface area contributed by atoms with Gasteiger partial charge in [0.2, 0.25) is 0 Å². The number of benzene rings is 2. The van der Waals surface area contributed by atoms with Crippen LogP contribution < -0.4 is 10.2 Å². The lowest BCUT2D eigenvalue weighted by Gasteiger charge is -2.28. The molecule has 0 aliphatic carbocycles. The van der Waals surface area contributed by atoms with E-state index in [1.807, 2.05) is 36.4 Å². The molecule has 0 saturated carbocycles. The molecule has 2 aliphatic rings. The number of amides is 1. The molecule has 0 atom stereocenters. The molecule has 2 heterocycles. The fourth-order valence-corrected chi connectivity index (χ4v) is 3.89. The highest BCUT2D eigenvalue weighted by Gasteiger charge is 2.13. The summed E-state index contributed by atoms with van der Waals surface area (Å²) in [6, 6.07) is 16.1. The Morgan fingerprint density at radius 1 is 0.857 bits per heavy atom. The third kappa shape index (κ3) is 4.91. The van der Waals surface area contributed by atoms with Crippen LogP contribution in [-0.4, -0.2) is 50.2 Å². The minimum Gasteiger partial charge on any atom is -0.379 e. The smallest absolute Gasteiger partial charge is 0.255 e. The summed E-state index contributed by atoms with van der Waals surface area (Å²) in [5.41, 5.74) is 3.99. The van der Waals surface area contributed by atoms with Crippen LogP contribution in [0.25, 0.3) is 0 Å². The Bertz CT molecular complexity index is 761. The van der Waals surface area contributed by atoms with Crippen molar-refractivity contribution in [3.8, 4) is 0 Å². The maximum Gasteiger partial charge on any atom is 0.255 e. The standard InChI is InChI=1S/C23H29N3O2/c27-23(20-6-4-19(5-7-20)18-25-14-16-28-17-15-25)24-21-8-10-22(11-9-21)26-12-2-1-3-13-26/h4-11H,1-3,12-18H2,(H,24,27). The van der Waals surface area contributed by atoms with Gasteiger partial charge in [-0.2, -0.15) is 0 Å². The largest absolute Gasteiger partial charge is 0.379 e. The molecule has 0 bridgehead atoms. The monoisotopic (exact) mass is 379 g/mol. The van der Waals surface area contributed by atoms with Crippen LogP contribution in [0.15, 0.2) is 48.5 Å². The van der Waals surface area contributed by atoms with E-state index in [9.17, 15) is 4.79 Å². The minimum absolute atomic E-state index is 0.0661. The van der Waals surface area contributed by atoms with Crippen molar-refractivity contribution in [2.24, 2.45) is 0 Å². The number of carbonyl (C=O) groups is 1. The van der Waals surface area contributed by atoms with Gasteiger partial charge in [0, 0.05) is 49.7 Å². The number of hydrogen-bond donors (Lipinski definition) is 1. The number of morpholine rings is 1. The van der Waals surface area contributed by atoms with Gasteiger partial charge in [0.15, 0.2) is 0 Å². The molecule has 28 heavy (non-hydrogen) atoms. The maximum atomic E-state index is 12.6. The molecule has 1 amide bonds. The van der Waals surface area contributed by atoms with Gasteiger partial charge < -0.3 is 15.0 Å². The number of hydrogen-bond acceptors (Lipinski definition) is 4. The van der Waals surface area contributed by atoms with E-state index < -0.39 is 0 Å². The topological polar surface area (TPSA) is 44.8 Å². The van der Waals surface area contributed by atoms with Crippen LogP contribution in [0.4, 0.5) is 11.4 Å². The van der Waals surface area contributed by atoms with E-state index in [-0.39, 0.29) is 5.91 Å². The molecule has 2 aliphatic heterocycles. The van der Waals surface area contributed by atoms with E-state index >= 15 is 0 Å². The molecule has 0 radical (unpaired) electrons. The van der Waals surface area contributed by atoms with Crippen LogP contribution in [0.2, 0.25) is 0 Å². The fourth-order valence-electron chi connectivity index (χ4n) is 3.89. The van der Waals surface area contributed by atoms with Gasteiger partial charge in [-0.15, -0.1) is 0 Å². The second-order valence-electron chi connectivity index (χ2n) is 7.63. The molecule has 5 nitrogen and oxygen atoms in total. The van der Waals surface area contributed by atoms with Crippen LogP contribution in [-0.2, 0) is 11.3 Å². The Labute approximate surface area is 167 Å². The summed E-state index contributed by atoms with van der Waals surface area (Å²) in [7, 11) is 0. The number of rotatable bonds is 5. The molecule has 0 unspecified atom stereocenters. The van der Waals surface area contributed by atoms with Gasteiger partial charge in [-0.3, -0.25) is 9.69 Å². The molecule has 1 N–H and O–H groups in total. The van der Waals surface area contributed by atoms with E-state index in [4.69, 9.17) is 4.74 Å². The van der Waals surface area contributed by atoms with Crippen LogP contribution in [0.3, 0.4) is 0 Å². The first-order chi connectivity index (χ1) is 13.8. The van der Waals surface area contributed by atoms with Gasteiger partial charge in [-0.05, 0) is 61.2 Å². The SMILES string of the molecule is O=C(Nc1ccc(N2CCCCC2)cc1)c1ccc(CN2CCOCC2)cc1. The highest BCUT2D eigenvalue weighted by molar-refractivity contribution is 6.04. The molecular weight excluding hydrogens is 350 g/mol. The zero-order valence-corrected chi connectivity index (χ0v) is 16.4. The van der Waals surface area contributed by atoms with Crippen molar-refractivity contribution in [3.63, 3.8) is 0 Å². The fraction of sp³-hybridized carbons (Fsp3) is 0.435. The number of carbonyl (C=O) groups excluding carboxylic acids is 1. The molecule has 2 fully saturated rings. The highest BCUT2D eigenvalue weighted by Crippen LogP contribution is 2.22. The van der Waals surface area contributed by atoms with Gasteiger partial charge >= 0.3 is 0 Å². The van der Waals surface area contributed by atoms with E-state index in [0.717, 1.165) is 51.6 Å². The number of piperidine rings is 1. The zero-order chi connectivity index (χ0) is 19.2. The van der Waals surface area contributed by atoms with E-state index in [2.05, 4.69) is 27.2 Å². The minimum atomic E-state index is -0.0661. The second-order valence-corrected chi connectivity index (χ2v) is 7.63. The summed E-state index contributed by atoms with van der Waals surface area (Å²) >= 11 is 0. The molecule has 5 heteroatoms. The summed E-state index contributed by atoms with van der Waals surface area (Å²) < 4.78 is 5.39. The molecule has 0 spiro atoms. The Balaban J connectivity index is 1.32. The lowest BCUT2D eigenvalue weighted by atomic mass is 10.1. The van der Waals surface area contributed by atoms with Crippen LogP contribution >= 0.6 is 0 Å². The summed E-state index contributed by atoms with van der Waals surface area (Å²) in [6.07, 6.45) is 3.86. The van der Waals surface area contributed by atoms with Crippen molar-refractivity contribution in [2.75, 3.05) is 49.6 Å². The van der Waals surface area contributed by atoms with Gasteiger partial charge in [0.25, 0.3) is 5.91 Å². The van der Waals surface area contributed by atoms with E-state index in [1.54, 1.807) is 0 Å². The number of nitrogens with zero attached hydrogens (tertiary/aromatic N) is 2. The van der Waals surface area contributed by atoms with Crippen molar-refractivity contribution < 1.29 is 9.53 Å². The van der Waals surface area contributed by atoms with Crippen molar-refractivity contribution in [2.45, 2.75) is 25.8 Å². The molecule has 4 rings (SSSR count). The predicted octanol–water partition coefficient (Wildman–Crippen LogP) is 3.76. The second kappa shape index (κ2) is 9.22. The van der Waals surface area contributed by atoms with Gasteiger partial charge in [0.1, 0.15) is 0 Å². The summed E-state index contributed by atoms with van der Waals surface area (Å²) in [6.45, 7) is 6.70. The zero-order valence-electron chi connectivity index (χ0n) is 16.4. The Morgan fingerprint density at radius 2 is 1.54 bits per heavy atom. The maximum absolute atomic E-state index is 12.6. The van der Waals surface area contributed by atoms with Gasteiger partial charge in [0.05, 0.1) is 13.2 Å². The first-order valence-corrected chi connectivity index (χ1v) is 10.3. The van der Waals surface area contributed by atoms with E-state index in [0.29, 0.717) is 5.56 Å². The Hall–Kier alpha value is -2.37. The third-order valence-corrected chi connectivity index (χ3v) is 5.57. The normalized spacial score (nSPS) is 18.1. The third-order valence-electron chi connectivity index (χ3n) is 5.57. The summed E-state index contributed by atoms with van der Waals surface area (Å²) in [5.74, 6) is -0.0661. The van der Waals surface area contributed by atoms with Crippen LogP contribution in [0.1, 0.15) is 35.2 Å². The van der Waals surface area contributed by atoms with Crippen molar-refractivity contribution in [1.82, 2.24) is 4.90 Å². The molecule has 2 saturated heterocycles. The summed E-state index contributed by atoms with van der Waals surface area (Å²) in [5, 5.41) is 3.00. The average Bonchev–Trinajstić information content (AvgIpc) is 2.76. The molecule has 148 valence electrons. The molecule has 2 aromatic rings. The quantitative estimate of drug-likeness (QED) is 0.859.